The van der Waals surface area contributed by atoms with E-state index in [9.17, 15) is 4.79 Å². The van der Waals surface area contributed by atoms with Crippen molar-refractivity contribution in [1.82, 2.24) is 4.90 Å². The van der Waals surface area contributed by atoms with Gasteiger partial charge in [-0.05, 0) is 61.7 Å². The van der Waals surface area contributed by atoms with Crippen LogP contribution in [-0.2, 0) is 0 Å². The minimum atomic E-state index is -0.0110. The fourth-order valence-electron chi connectivity index (χ4n) is 3.32. The van der Waals surface area contributed by atoms with Gasteiger partial charge in [0.05, 0.1) is 11.6 Å². The number of nitrogens with zero attached hydrogens (tertiary/aromatic N) is 2. The van der Waals surface area contributed by atoms with Gasteiger partial charge in [-0.25, -0.2) is 0 Å². The molecule has 0 aliphatic carbocycles. The van der Waals surface area contributed by atoms with Gasteiger partial charge in [-0.15, -0.1) is 0 Å². The normalized spacial score (nSPS) is 14.7. The molecule has 1 fully saturated rings. The second-order valence-corrected chi connectivity index (χ2v) is 7.33. The number of amides is 1. The second kappa shape index (κ2) is 7.69. The number of benzene rings is 2. The number of nitrogens with one attached hydrogen (secondary N) is 1. The van der Waals surface area contributed by atoms with Gasteiger partial charge in [0.15, 0.2) is 0 Å². The van der Waals surface area contributed by atoms with E-state index in [0.29, 0.717) is 41.5 Å². The van der Waals surface area contributed by atoms with Crippen molar-refractivity contribution < 1.29 is 4.79 Å². The van der Waals surface area contributed by atoms with Gasteiger partial charge in [-0.3, -0.25) is 4.79 Å². The highest BCUT2D eigenvalue weighted by atomic mass is 16.2. The molecule has 0 spiro atoms. The SMILES string of the molecule is CC(=N)/C(C)=C(\N)c1cc(C(=O)N2CC(c3ccc(C#N)cc3)C2)ccc1C. The summed E-state index contributed by atoms with van der Waals surface area (Å²) in [4.78, 5) is 14.7. The van der Waals surface area contributed by atoms with Crippen molar-refractivity contribution in [3.63, 3.8) is 0 Å². The molecule has 2 aromatic carbocycles. The zero-order chi connectivity index (χ0) is 20.4. The van der Waals surface area contributed by atoms with Crippen LogP contribution in [0.4, 0.5) is 0 Å². The van der Waals surface area contributed by atoms with E-state index >= 15 is 0 Å². The van der Waals surface area contributed by atoms with E-state index in [2.05, 4.69) is 6.07 Å². The van der Waals surface area contributed by atoms with Crippen LogP contribution in [0.15, 0.2) is 48.0 Å². The van der Waals surface area contributed by atoms with E-state index in [4.69, 9.17) is 16.4 Å². The number of hydrogen-bond donors (Lipinski definition) is 2. The molecule has 0 saturated carbocycles. The Morgan fingerprint density at radius 1 is 1.18 bits per heavy atom. The molecular formula is C23H24N4O. The molecule has 3 rings (SSSR count). The molecule has 1 aliphatic heterocycles. The van der Waals surface area contributed by atoms with Gasteiger partial charge in [-0.1, -0.05) is 18.2 Å². The molecule has 5 nitrogen and oxygen atoms in total. The summed E-state index contributed by atoms with van der Waals surface area (Å²) in [6.07, 6.45) is 0. The van der Waals surface area contributed by atoms with Crippen molar-refractivity contribution in [2.24, 2.45) is 5.73 Å². The van der Waals surface area contributed by atoms with Crippen LogP contribution in [0.2, 0.25) is 0 Å². The van der Waals surface area contributed by atoms with Crippen molar-refractivity contribution in [2.45, 2.75) is 26.7 Å². The molecule has 2 aromatic rings. The maximum atomic E-state index is 12.9. The van der Waals surface area contributed by atoms with Crippen LogP contribution in [0.3, 0.4) is 0 Å². The van der Waals surface area contributed by atoms with Crippen molar-refractivity contribution in [3.8, 4) is 6.07 Å². The Hall–Kier alpha value is -3.39. The zero-order valence-electron chi connectivity index (χ0n) is 16.4. The Balaban J connectivity index is 1.75. The molecule has 1 saturated heterocycles. The van der Waals surface area contributed by atoms with Crippen LogP contribution in [0.5, 0.6) is 0 Å². The molecule has 1 aliphatic rings. The Labute approximate surface area is 165 Å². The number of nitrogens with two attached hydrogens (primary N) is 1. The number of carbonyl (C=O) groups excluding carboxylic acids is 1. The number of carbonyl (C=O) groups is 1. The van der Waals surface area contributed by atoms with E-state index in [1.165, 1.54) is 0 Å². The average molecular weight is 372 g/mol. The predicted octanol–water partition coefficient (Wildman–Crippen LogP) is 3.84. The first-order chi connectivity index (χ1) is 13.3. The van der Waals surface area contributed by atoms with Gasteiger partial charge in [0.25, 0.3) is 5.91 Å². The van der Waals surface area contributed by atoms with E-state index < -0.39 is 0 Å². The molecule has 3 N–H and O–H groups in total. The van der Waals surface area contributed by atoms with Gasteiger partial charge in [-0.2, -0.15) is 5.26 Å². The van der Waals surface area contributed by atoms with E-state index in [1.807, 2.05) is 61.2 Å². The fraction of sp³-hybridized carbons (Fsp3) is 0.261. The van der Waals surface area contributed by atoms with Gasteiger partial charge < -0.3 is 16.0 Å². The number of likely N-dealkylation sites (tertiary alicyclic amines) is 1. The third kappa shape index (κ3) is 3.67. The molecule has 5 heteroatoms. The molecule has 28 heavy (non-hydrogen) atoms. The summed E-state index contributed by atoms with van der Waals surface area (Å²) >= 11 is 0. The van der Waals surface area contributed by atoms with Crippen LogP contribution in [0, 0.1) is 23.7 Å². The number of hydrogen-bond acceptors (Lipinski definition) is 4. The topological polar surface area (TPSA) is 94.0 Å². The van der Waals surface area contributed by atoms with Crippen LogP contribution >= 0.6 is 0 Å². The van der Waals surface area contributed by atoms with E-state index in [-0.39, 0.29) is 5.91 Å². The van der Waals surface area contributed by atoms with Crippen molar-refractivity contribution in [2.75, 3.05) is 13.1 Å². The lowest BCUT2D eigenvalue weighted by Crippen LogP contribution is -2.48. The first kappa shape index (κ1) is 19.4. The lowest BCUT2D eigenvalue weighted by atomic mass is 9.90. The fourth-order valence-corrected chi connectivity index (χ4v) is 3.32. The Bertz CT molecular complexity index is 1010. The average Bonchev–Trinajstić information content (AvgIpc) is 2.66. The van der Waals surface area contributed by atoms with Crippen LogP contribution in [0.1, 0.15) is 52.4 Å². The largest absolute Gasteiger partial charge is 0.398 e. The molecule has 0 radical (unpaired) electrons. The first-order valence-corrected chi connectivity index (χ1v) is 9.24. The summed E-state index contributed by atoms with van der Waals surface area (Å²) in [5, 5.41) is 16.7. The quantitative estimate of drug-likeness (QED) is 0.799. The Morgan fingerprint density at radius 3 is 2.39 bits per heavy atom. The molecule has 0 aromatic heterocycles. The van der Waals surface area contributed by atoms with Gasteiger partial charge in [0.1, 0.15) is 0 Å². The summed E-state index contributed by atoms with van der Waals surface area (Å²) in [6, 6.07) is 15.2. The minimum absolute atomic E-state index is 0.0110. The Kier molecular flexibility index (Phi) is 5.32. The highest BCUT2D eigenvalue weighted by molar-refractivity contribution is 6.03. The Morgan fingerprint density at radius 2 is 1.82 bits per heavy atom. The molecular weight excluding hydrogens is 348 g/mol. The van der Waals surface area contributed by atoms with E-state index in [1.54, 1.807) is 6.92 Å². The maximum Gasteiger partial charge on any atom is 0.253 e. The summed E-state index contributed by atoms with van der Waals surface area (Å²) in [5.41, 5.74) is 12.1. The van der Waals surface area contributed by atoms with Gasteiger partial charge >= 0.3 is 0 Å². The number of aryl methyl sites for hydroxylation is 1. The standard InChI is InChI=1S/C23H24N4O/c1-14-4-7-19(10-21(14)22(26)15(2)16(3)25)23(28)27-12-20(13-27)18-8-5-17(11-24)6-9-18/h4-10,20,25H,12-13,26H2,1-3H3/b22-15-,25-16?. The third-order valence-corrected chi connectivity index (χ3v) is 5.42. The third-order valence-electron chi connectivity index (χ3n) is 5.42. The van der Waals surface area contributed by atoms with Crippen molar-refractivity contribution in [3.05, 3.63) is 75.9 Å². The minimum Gasteiger partial charge on any atom is -0.398 e. The van der Waals surface area contributed by atoms with Crippen LogP contribution in [-0.4, -0.2) is 29.6 Å². The number of allylic oxidation sites excluding steroid dienone is 1. The molecule has 0 atom stereocenters. The molecule has 0 bridgehead atoms. The number of rotatable bonds is 4. The summed E-state index contributed by atoms with van der Waals surface area (Å²) in [6.45, 7) is 6.81. The maximum absolute atomic E-state index is 12.9. The molecule has 0 unspecified atom stereocenters. The van der Waals surface area contributed by atoms with E-state index in [0.717, 1.165) is 22.3 Å². The van der Waals surface area contributed by atoms with Gasteiger partial charge in [0.2, 0.25) is 0 Å². The number of nitriles is 1. The monoisotopic (exact) mass is 372 g/mol. The first-order valence-electron chi connectivity index (χ1n) is 9.24. The molecule has 1 amide bonds. The highest BCUT2D eigenvalue weighted by Crippen LogP contribution is 2.29. The molecule has 1 heterocycles. The van der Waals surface area contributed by atoms with Gasteiger partial charge in [0, 0.05) is 41.5 Å². The summed E-state index contributed by atoms with van der Waals surface area (Å²) in [5.74, 6) is 0.289. The van der Waals surface area contributed by atoms with Crippen LogP contribution < -0.4 is 5.73 Å². The van der Waals surface area contributed by atoms with Crippen LogP contribution in [0.25, 0.3) is 5.70 Å². The summed E-state index contributed by atoms with van der Waals surface area (Å²) in [7, 11) is 0. The zero-order valence-corrected chi connectivity index (χ0v) is 16.4. The molecule has 142 valence electrons. The van der Waals surface area contributed by atoms with Crippen molar-refractivity contribution >= 4 is 17.3 Å². The lowest BCUT2D eigenvalue weighted by Gasteiger charge is -2.39. The lowest BCUT2D eigenvalue weighted by molar-refractivity contribution is 0.0602. The highest BCUT2D eigenvalue weighted by Gasteiger charge is 2.32. The smallest absolute Gasteiger partial charge is 0.253 e. The summed E-state index contributed by atoms with van der Waals surface area (Å²) < 4.78 is 0. The predicted molar refractivity (Wildman–Crippen MR) is 111 cm³/mol. The van der Waals surface area contributed by atoms with Crippen molar-refractivity contribution in [1.29, 1.82) is 10.7 Å². The second-order valence-electron chi connectivity index (χ2n) is 7.33.